The predicted octanol–water partition coefficient (Wildman–Crippen LogP) is 2.76. The van der Waals surface area contributed by atoms with Crippen LogP contribution in [0.4, 0.5) is 5.69 Å². The summed E-state index contributed by atoms with van der Waals surface area (Å²) in [5.74, 6) is 0.649. The van der Waals surface area contributed by atoms with Crippen molar-refractivity contribution in [1.29, 1.82) is 0 Å². The molecule has 25 heavy (non-hydrogen) atoms. The zero-order valence-electron chi connectivity index (χ0n) is 14.6. The van der Waals surface area contributed by atoms with Crippen LogP contribution in [0.2, 0.25) is 0 Å². The number of pyridine rings is 1. The van der Waals surface area contributed by atoms with Crippen molar-refractivity contribution in [2.45, 2.75) is 39.0 Å². The number of aromatic nitrogens is 1. The number of nitrogens with one attached hydrogen (secondary N) is 2. The van der Waals surface area contributed by atoms with Crippen LogP contribution in [0.25, 0.3) is 0 Å². The largest absolute Gasteiger partial charge is 0.427 e. The van der Waals surface area contributed by atoms with Gasteiger partial charge in [-0.15, -0.1) is 0 Å². The van der Waals surface area contributed by atoms with Crippen molar-refractivity contribution in [3.05, 3.63) is 57.4 Å². The van der Waals surface area contributed by atoms with Gasteiger partial charge in [0.1, 0.15) is 11.3 Å². The molecule has 1 saturated carbocycles. The van der Waals surface area contributed by atoms with E-state index in [9.17, 15) is 9.59 Å². The summed E-state index contributed by atoms with van der Waals surface area (Å²) < 4.78 is 5.37. The van der Waals surface area contributed by atoms with Gasteiger partial charge in [-0.3, -0.25) is 9.78 Å². The molecular formula is C19H23N3O3. The van der Waals surface area contributed by atoms with Crippen LogP contribution in [-0.4, -0.2) is 24.0 Å². The van der Waals surface area contributed by atoms with Crippen molar-refractivity contribution in [1.82, 2.24) is 10.3 Å². The molecule has 2 aromatic heterocycles. The lowest BCUT2D eigenvalue weighted by Gasteiger charge is -2.24. The summed E-state index contributed by atoms with van der Waals surface area (Å²) in [6.45, 7) is 4.71. The van der Waals surface area contributed by atoms with Gasteiger partial charge in [-0.2, -0.15) is 0 Å². The van der Waals surface area contributed by atoms with E-state index in [1.807, 2.05) is 19.1 Å². The van der Waals surface area contributed by atoms with Crippen molar-refractivity contribution in [3.63, 3.8) is 0 Å². The smallest absolute Gasteiger partial charge is 0.349 e. The van der Waals surface area contributed by atoms with E-state index in [0.717, 1.165) is 24.1 Å². The molecule has 132 valence electrons. The molecule has 0 bridgehead atoms. The highest BCUT2D eigenvalue weighted by molar-refractivity contribution is 5.95. The first-order valence-corrected chi connectivity index (χ1v) is 8.63. The Morgan fingerprint density at radius 2 is 2.08 bits per heavy atom. The number of nitrogens with zero attached hydrogens (tertiary/aromatic N) is 1. The molecule has 1 aliphatic carbocycles. The van der Waals surface area contributed by atoms with Crippen molar-refractivity contribution in [3.8, 4) is 0 Å². The third kappa shape index (κ3) is 3.90. The first-order valence-electron chi connectivity index (χ1n) is 8.63. The van der Waals surface area contributed by atoms with Crippen LogP contribution in [0.5, 0.6) is 0 Å². The van der Waals surface area contributed by atoms with Gasteiger partial charge >= 0.3 is 5.63 Å². The van der Waals surface area contributed by atoms with Crippen LogP contribution in [0.3, 0.4) is 0 Å². The predicted molar refractivity (Wildman–Crippen MR) is 96.1 cm³/mol. The number of hydrogen-bond acceptors (Lipinski definition) is 5. The summed E-state index contributed by atoms with van der Waals surface area (Å²) in [4.78, 5) is 28.6. The molecule has 6 heteroatoms. The minimum Gasteiger partial charge on any atom is -0.427 e. The van der Waals surface area contributed by atoms with E-state index in [2.05, 4.69) is 15.6 Å². The molecule has 6 nitrogen and oxygen atoms in total. The maximum Gasteiger partial charge on any atom is 0.349 e. The second-order valence-corrected chi connectivity index (χ2v) is 6.50. The van der Waals surface area contributed by atoms with E-state index >= 15 is 0 Å². The molecule has 2 aromatic rings. The highest BCUT2D eigenvalue weighted by Crippen LogP contribution is 2.36. The number of carbonyl (C=O) groups is 1. The summed E-state index contributed by atoms with van der Waals surface area (Å²) in [5.41, 5.74) is 2.25. The Morgan fingerprint density at radius 1 is 1.28 bits per heavy atom. The lowest BCUT2D eigenvalue weighted by molar-refractivity contribution is 0.0949. The highest BCUT2D eigenvalue weighted by Gasteiger charge is 2.25. The number of carbonyl (C=O) groups excluding carboxylic acids is 1. The lowest BCUT2D eigenvalue weighted by Crippen LogP contribution is -2.33. The first kappa shape index (κ1) is 17.2. The summed E-state index contributed by atoms with van der Waals surface area (Å²) in [6, 6.07) is 3.72. The Bertz CT molecular complexity index is 825. The number of aryl methyl sites for hydroxylation is 2. The molecule has 1 fully saturated rings. The number of anilines is 1. The van der Waals surface area contributed by atoms with Gasteiger partial charge in [0.15, 0.2) is 0 Å². The van der Waals surface area contributed by atoms with E-state index in [0.29, 0.717) is 30.3 Å². The molecule has 3 rings (SSSR count). The van der Waals surface area contributed by atoms with Gasteiger partial charge in [-0.1, -0.05) is 6.42 Å². The fraction of sp³-hybridized carbons (Fsp3) is 0.421. The van der Waals surface area contributed by atoms with Gasteiger partial charge in [0, 0.05) is 37.1 Å². The number of amides is 1. The van der Waals surface area contributed by atoms with Gasteiger partial charge < -0.3 is 15.1 Å². The van der Waals surface area contributed by atoms with Gasteiger partial charge in [0.2, 0.25) is 0 Å². The Balaban J connectivity index is 1.58. The monoisotopic (exact) mass is 341 g/mol. The molecule has 2 heterocycles. The van der Waals surface area contributed by atoms with Gasteiger partial charge in [0.25, 0.3) is 5.91 Å². The van der Waals surface area contributed by atoms with E-state index in [4.69, 9.17) is 4.42 Å². The molecule has 0 radical (unpaired) electrons. The summed E-state index contributed by atoms with van der Waals surface area (Å²) in [7, 11) is 0. The summed E-state index contributed by atoms with van der Waals surface area (Å²) in [6.07, 6.45) is 6.76. The molecule has 2 N–H and O–H groups in total. The van der Waals surface area contributed by atoms with Crippen molar-refractivity contribution in [2.75, 3.05) is 18.4 Å². The first-order chi connectivity index (χ1) is 12.1. The normalized spacial score (nSPS) is 14.0. The minimum atomic E-state index is -0.544. The molecule has 0 aliphatic heterocycles. The quantitative estimate of drug-likeness (QED) is 0.789. The Kier molecular flexibility index (Phi) is 5.16. The Labute approximate surface area is 146 Å². The maximum atomic E-state index is 12.3. The van der Waals surface area contributed by atoms with Crippen LogP contribution in [0, 0.1) is 13.8 Å². The number of rotatable bonds is 6. The van der Waals surface area contributed by atoms with Crippen LogP contribution in [0.15, 0.2) is 33.7 Å². The molecule has 1 aliphatic rings. The zero-order valence-corrected chi connectivity index (χ0v) is 14.6. The second-order valence-electron chi connectivity index (χ2n) is 6.50. The SMILES string of the molecule is Cc1cnccc1NCCNC(=O)c1c(C)cc(C2CCC2)oc1=O. The van der Waals surface area contributed by atoms with Crippen molar-refractivity contribution >= 4 is 11.6 Å². The van der Waals surface area contributed by atoms with Crippen LogP contribution in [-0.2, 0) is 0 Å². The fourth-order valence-electron chi connectivity index (χ4n) is 2.93. The Morgan fingerprint density at radius 3 is 2.72 bits per heavy atom. The van der Waals surface area contributed by atoms with Crippen LogP contribution < -0.4 is 16.3 Å². The average Bonchev–Trinajstić information content (AvgIpc) is 2.51. The van der Waals surface area contributed by atoms with E-state index in [1.54, 1.807) is 19.3 Å². The standard InChI is InChI=1S/C19H23N3O3/c1-12-10-16(14-4-3-5-14)25-19(24)17(12)18(23)22-9-8-21-15-6-7-20-11-13(15)2/h6-7,10-11,14H,3-5,8-9H2,1-2H3,(H,20,21)(H,22,23). The fourth-order valence-corrected chi connectivity index (χ4v) is 2.93. The Hall–Kier alpha value is -2.63. The van der Waals surface area contributed by atoms with Gasteiger partial charge in [-0.05, 0) is 49.9 Å². The van der Waals surface area contributed by atoms with Gasteiger partial charge in [0.05, 0.1) is 0 Å². The third-order valence-electron chi connectivity index (χ3n) is 4.65. The molecule has 0 spiro atoms. The molecular weight excluding hydrogens is 318 g/mol. The minimum absolute atomic E-state index is 0.100. The van der Waals surface area contributed by atoms with Crippen molar-refractivity contribution < 1.29 is 9.21 Å². The molecule has 1 amide bonds. The lowest BCUT2D eigenvalue weighted by atomic mass is 9.83. The van der Waals surface area contributed by atoms with Crippen molar-refractivity contribution in [2.24, 2.45) is 0 Å². The number of hydrogen-bond donors (Lipinski definition) is 2. The molecule has 0 unspecified atom stereocenters. The zero-order chi connectivity index (χ0) is 17.8. The highest BCUT2D eigenvalue weighted by atomic mass is 16.4. The topological polar surface area (TPSA) is 84.2 Å². The average molecular weight is 341 g/mol. The van der Waals surface area contributed by atoms with Crippen LogP contribution >= 0.6 is 0 Å². The van der Waals surface area contributed by atoms with E-state index < -0.39 is 5.63 Å². The molecule has 0 aromatic carbocycles. The molecule has 0 atom stereocenters. The summed E-state index contributed by atoms with van der Waals surface area (Å²) >= 11 is 0. The van der Waals surface area contributed by atoms with E-state index in [1.165, 1.54) is 6.42 Å². The van der Waals surface area contributed by atoms with Gasteiger partial charge in [-0.25, -0.2) is 4.79 Å². The van der Waals surface area contributed by atoms with Crippen LogP contribution in [0.1, 0.15) is 52.4 Å². The summed E-state index contributed by atoms with van der Waals surface area (Å²) in [5, 5.41) is 6.00. The molecule has 0 saturated heterocycles. The second kappa shape index (κ2) is 7.51. The third-order valence-corrected chi connectivity index (χ3v) is 4.65. The van der Waals surface area contributed by atoms with E-state index in [-0.39, 0.29) is 11.5 Å². The maximum absolute atomic E-state index is 12.3.